The van der Waals surface area contributed by atoms with Crippen LogP contribution in [0.2, 0.25) is 0 Å². The van der Waals surface area contributed by atoms with E-state index in [1.54, 1.807) is 16.7 Å². The summed E-state index contributed by atoms with van der Waals surface area (Å²) < 4.78 is 1.60. The summed E-state index contributed by atoms with van der Waals surface area (Å²) in [5.74, 6) is -1.79. The molecule has 144 valence electrons. The highest BCUT2D eigenvalue weighted by atomic mass is 16.4. The number of benzene rings is 1. The molecule has 1 aromatic heterocycles. The van der Waals surface area contributed by atoms with Crippen LogP contribution in [0.4, 0.5) is 0 Å². The van der Waals surface area contributed by atoms with Crippen molar-refractivity contribution in [2.45, 2.75) is 52.6 Å². The Morgan fingerprint density at radius 1 is 1.19 bits per heavy atom. The standard InChI is InChI=1S/C21H26N2O4/c1-4-5-11-23-15(3)14(2)12-17(20(23)25)19(24)22-18(21(26)27)13-16-9-7-6-8-10-16/h6-10,12,18H,4-5,11,13H2,1-3H3,(H,22,24)(H,26,27)/t18-/m1/s1. The van der Waals surface area contributed by atoms with Gasteiger partial charge in [-0.15, -0.1) is 0 Å². The first kappa shape index (κ1) is 20.4. The molecule has 2 rings (SSSR count). The Kier molecular flexibility index (Phi) is 6.93. The lowest BCUT2D eigenvalue weighted by Crippen LogP contribution is -2.44. The molecule has 0 bridgehead atoms. The Bertz CT molecular complexity index is 872. The number of nitrogens with zero attached hydrogens (tertiary/aromatic N) is 1. The first-order valence-corrected chi connectivity index (χ1v) is 9.13. The second-order valence-electron chi connectivity index (χ2n) is 6.69. The Hall–Kier alpha value is -2.89. The molecule has 0 aliphatic rings. The lowest BCUT2D eigenvalue weighted by atomic mass is 10.1. The van der Waals surface area contributed by atoms with E-state index < -0.39 is 17.9 Å². The van der Waals surface area contributed by atoms with Gasteiger partial charge in [-0.2, -0.15) is 0 Å². The van der Waals surface area contributed by atoms with Gasteiger partial charge >= 0.3 is 5.97 Å². The zero-order chi connectivity index (χ0) is 20.0. The van der Waals surface area contributed by atoms with E-state index in [1.165, 1.54) is 6.07 Å². The highest BCUT2D eigenvalue weighted by Gasteiger charge is 2.23. The molecule has 0 aliphatic carbocycles. The molecule has 0 saturated carbocycles. The fourth-order valence-corrected chi connectivity index (χ4v) is 2.93. The topological polar surface area (TPSA) is 88.4 Å². The van der Waals surface area contributed by atoms with Crippen molar-refractivity contribution in [3.8, 4) is 0 Å². The van der Waals surface area contributed by atoms with Crippen LogP contribution < -0.4 is 10.9 Å². The molecule has 0 radical (unpaired) electrons. The fraction of sp³-hybridized carbons (Fsp3) is 0.381. The van der Waals surface area contributed by atoms with Gasteiger partial charge in [0.25, 0.3) is 11.5 Å². The maximum Gasteiger partial charge on any atom is 0.326 e. The average molecular weight is 370 g/mol. The summed E-state index contributed by atoms with van der Waals surface area (Å²) in [7, 11) is 0. The molecule has 1 atom stereocenters. The molecule has 1 amide bonds. The van der Waals surface area contributed by atoms with Gasteiger partial charge in [-0.3, -0.25) is 9.59 Å². The van der Waals surface area contributed by atoms with E-state index in [9.17, 15) is 19.5 Å². The van der Waals surface area contributed by atoms with Gasteiger partial charge in [0.15, 0.2) is 0 Å². The van der Waals surface area contributed by atoms with Crippen LogP contribution in [-0.2, 0) is 17.8 Å². The Labute approximate surface area is 158 Å². The number of carbonyl (C=O) groups excluding carboxylic acids is 1. The van der Waals surface area contributed by atoms with Gasteiger partial charge in [0.05, 0.1) is 0 Å². The van der Waals surface area contributed by atoms with Crippen molar-refractivity contribution < 1.29 is 14.7 Å². The van der Waals surface area contributed by atoms with Crippen LogP contribution in [0.25, 0.3) is 0 Å². The second-order valence-corrected chi connectivity index (χ2v) is 6.69. The van der Waals surface area contributed by atoms with Gasteiger partial charge in [-0.25, -0.2) is 4.79 Å². The van der Waals surface area contributed by atoms with Gasteiger partial charge in [0.1, 0.15) is 11.6 Å². The molecular formula is C21H26N2O4. The van der Waals surface area contributed by atoms with Crippen LogP contribution in [0.3, 0.4) is 0 Å². The molecule has 27 heavy (non-hydrogen) atoms. The van der Waals surface area contributed by atoms with Crippen LogP contribution in [0.5, 0.6) is 0 Å². The maximum atomic E-state index is 12.8. The second kappa shape index (κ2) is 9.16. The number of aliphatic carboxylic acids is 1. The summed E-state index contributed by atoms with van der Waals surface area (Å²) >= 11 is 0. The first-order valence-electron chi connectivity index (χ1n) is 9.13. The van der Waals surface area contributed by atoms with Gasteiger partial charge in [0, 0.05) is 18.7 Å². The molecule has 2 aromatic rings. The summed E-state index contributed by atoms with van der Waals surface area (Å²) in [5.41, 5.74) is 2.04. The van der Waals surface area contributed by atoms with Crippen molar-refractivity contribution in [1.29, 1.82) is 0 Å². The largest absolute Gasteiger partial charge is 0.480 e. The third kappa shape index (κ3) is 5.06. The van der Waals surface area contributed by atoms with Crippen molar-refractivity contribution in [2.75, 3.05) is 0 Å². The summed E-state index contributed by atoms with van der Waals surface area (Å²) in [4.78, 5) is 37.0. The lowest BCUT2D eigenvalue weighted by molar-refractivity contribution is -0.139. The highest BCUT2D eigenvalue weighted by molar-refractivity contribution is 5.96. The molecular weight excluding hydrogens is 344 g/mol. The van der Waals surface area contributed by atoms with Crippen molar-refractivity contribution >= 4 is 11.9 Å². The predicted octanol–water partition coefficient (Wildman–Crippen LogP) is 2.69. The van der Waals surface area contributed by atoms with Gasteiger partial charge in [-0.1, -0.05) is 43.7 Å². The molecule has 1 aromatic carbocycles. The fourth-order valence-electron chi connectivity index (χ4n) is 2.93. The summed E-state index contributed by atoms with van der Waals surface area (Å²) in [6, 6.07) is 9.50. The van der Waals surface area contributed by atoms with E-state index in [0.717, 1.165) is 29.7 Å². The summed E-state index contributed by atoms with van der Waals surface area (Å²) in [5, 5.41) is 12.0. The number of unbranched alkanes of at least 4 members (excludes halogenated alkanes) is 1. The Morgan fingerprint density at radius 3 is 2.44 bits per heavy atom. The smallest absolute Gasteiger partial charge is 0.326 e. The zero-order valence-electron chi connectivity index (χ0n) is 16.0. The van der Waals surface area contributed by atoms with Gasteiger partial charge in [-0.05, 0) is 37.5 Å². The monoisotopic (exact) mass is 370 g/mol. The minimum Gasteiger partial charge on any atom is -0.480 e. The average Bonchev–Trinajstić information content (AvgIpc) is 2.64. The third-order valence-electron chi connectivity index (χ3n) is 4.68. The molecule has 6 heteroatoms. The van der Waals surface area contributed by atoms with E-state index >= 15 is 0 Å². The Morgan fingerprint density at radius 2 is 1.85 bits per heavy atom. The minimum atomic E-state index is -1.14. The van der Waals surface area contributed by atoms with E-state index in [-0.39, 0.29) is 17.5 Å². The van der Waals surface area contributed by atoms with Crippen LogP contribution in [-0.4, -0.2) is 27.6 Å². The van der Waals surface area contributed by atoms with Gasteiger partial charge in [0.2, 0.25) is 0 Å². The van der Waals surface area contributed by atoms with Crippen molar-refractivity contribution in [2.24, 2.45) is 0 Å². The number of rotatable bonds is 8. The van der Waals surface area contributed by atoms with E-state index in [1.807, 2.05) is 39.0 Å². The van der Waals surface area contributed by atoms with E-state index in [0.29, 0.717) is 6.54 Å². The molecule has 0 spiro atoms. The molecule has 0 saturated heterocycles. The molecule has 0 aliphatic heterocycles. The number of amides is 1. The van der Waals surface area contributed by atoms with Crippen LogP contribution in [0, 0.1) is 13.8 Å². The normalized spacial score (nSPS) is 11.8. The summed E-state index contributed by atoms with van der Waals surface area (Å²) in [6.45, 7) is 6.26. The van der Waals surface area contributed by atoms with Crippen molar-refractivity contribution in [1.82, 2.24) is 9.88 Å². The molecule has 0 unspecified atom stereocenters. The number of aromatic nitrogens is 1. The maximum absolute atomic E-state index is 12.8. The van der Waals surface area contributed by atoms with E-state index in [2.05, 4.69) is 5.32 Å². The summed E-state index contributed by atoms with van der Waals surface area (Å²) in [6.07, 6.45) is 1.91. The number of hydrogen-bond acceptors (Lipinski definition) is 3. The van der Waals surface area contributed by atoms with Crippen LogP contribution >= 0.6 is 0 Å². The predicted molar refractivity (Wildman–Crippen MR) is 104 cm³/mol. The van der Waals surface area contributed by atoms with E-state index in [4.69, 9.17) is 0 Å². The molecule has 0 fully saturated rings. The number of carbonyl (C=O) groups is 2. The van der Waals surface area contributed by atoms with Crippen LogP contribution in [0.1, 0.15) is 46.9 Å². The molecule has 6 nitrogen and oxygen atoms in total. The number of hydrogen-bond donors (Lipinski definition) is 2. The number of pyridine rings is 1. The first-order chi connectivity index (χ1) is 12.8. The van der Waals surface area contributed by atoms with Crippen molar-refractivity contribution in [3.05, 3.63) is 69.1 Å². The number of carboxylic acids is 1. The SMILES string of the molecule is CCCCn1c(C)c(C)cc(C(=O)N[C@H](Cc2ccccc2)C(=O)O)c1=O. The molecule has 2 N–H and O–H groups in total. The highest BCUT2D eigenvalue weighted by Crippen LogP contribution is 2.09. The number of carboxylic acid groups (broad SMARTS) is 1. The van der Waals surface area contributed by atoms with Crippen molar-refractivity contribution in [3.63, 3.8) is 0 Å². The minimum absolute atomic E-state index is 0.0199. The number of aryl methyl sites for hydroxylation is 1. The zero-order valence-corrected chi connectivity index (χ0v) is 16.0. The molecule has 1 heterocycles. The Balaban J connectivity index is 2.29. The lowest BCUT2D eigenvalue weighted by Gasteiger charge is -2.17. The third-order valence-corrected chi connectivity index (χ3v) is 4.68. The van der Waals surface area contributed by atoms with Gasteiger partial charge < -0.3 is 15.0 Å². The van der Waals surface area contributed by atoms with Crippen LogP contribution in [0.15, 0.2) is 41.2 Å². The quantitative estimate of drug-likeness (QED) is 0.748. The number of nitrogens with one attached hydrogen (secondary N) is 1.